The first-order valence-electron chi connectivity index (χ1n) is 5.93. The van der Waals surface area contributed by atoms with E-state index in [9.17, 15) is 0 Å². The van der Waals surface area contributed by atoms with E-state index in [2.05, 4.69) is 26.2 Å². The molecule has 1 aliphatic carbocycles. The van der Waals surface area contributed by atoms with Crippen LogP contribution < -0.4 is 5.32 Å². The van der Waals surface area contributed by atoms with Crippen LogP contribution in [0.25, 0.3) is 0 Å². The Hall–Kier alpha value is -0.0400. The Morgan fingerprint density at radius 1 is 1.31 bits per heavy atom. The van der Waals surface area contributed by atoms with Crippen LogP contribution in [0.2, 0.25) is 0 Å². The zero-order chi connectivity index (χ0) is 9.73. The molecule has 78 valence electrons. The molecule has 0 bridgehead atoms. The molecule has 1 heteroatoms. The molecule has 1 rings (SSSR count). The summed E-state index contributed by atoms with van der Waals surface area (Å²) in [5.74, 6) is 1.04. The Morgan fingerprint density at radius 2 is 2.00 bits per heavy atom. The molecular formula is C12H25N. The molecule has 1 saturated carbocycles. The third-order valence-corrected chi connectivity index (χ3v) is 3.70. The lowest BCUT2D eigenvalue weighted by Gasteiger charge is -2.33. The van der Waals surface area contributed by atoms with Gasteiger partial charge in [-0.3, -0.25) is 0 Å². The Morgan fingerprint density at radius 3 is 2.38 bits per heavy atom. The van der Waals surface area contributed by atoms with Crippen molar-refractivity contribution in [3.63, 3.8) is 0 Å². The van der Waals surface area contributed by atoms with E-state index in [1.165, 1.54) is 45.1 Å². The molecule has 1 atom stereocenters. The minimum atomic E-state index is 0.644. The van der Waals surface area contributed by atoms with Gasteiger partial charge in [-0.25, -0.2) is 0 Å². The monoisotopic (exact) mass is 183 g/mol. The second-order valence-electron chi connectivity index (χ2n) is 4.62. The lowest BCUT2D eigenvalue weighted by Crippen LogP contribution is -2.34. The third kappa shape index (κ3) is 2.70. The Balaban J connectivity index is 2.47. The SMILES string of the molecule is CCCCC(CC)(CNC)C1CC1. The summed E-state index contributed by atoms with van der Waals surface area (Å²) >= 11 is 0. The van der Waals surface area contributed by atoms with Crippen molar-refractivity contribution < 1.29 is 0 Å². The molecule has 0 spiro atoms. The molecule has 13 heavy (non-hydrogen) atoms. The van der Waals surface area contributed by atoms with Crippen LogP contribution >= 0.6 is 0 Å². The van der Waals surface area contributed by atoms with Gasteiger partial charge in [-0.1, -0.05) is 26.7 Å². The molecule has 1 unspecified atom stereocenters. The maximum Gasteiger partial charge on any atom is 0.000736 e. The molecule has 0 aliphatic heterocycles. The lowest BCUT2D eigenvalue weighted by molar-refractivity contribution is 0.196. The molecule has 0 aromatic carbocycles. The van der Waals surface area contributed by atoms with Crippen LogP contribution in [0, 0.1) is 11.3 Å². The topological polar surface area (TPSA) is 12.0 Å². The number of hydrogen-bond acceptors (Lipinski definition) is 1. The fourth-order valence-electron chi connectivity index (χ4n) is 2.60. The fraction of sp³-hybridized carbons (Fsp3) is 1.00. The molecule has 1 fully saturated rings. The van der Waals surface area contributed by atoms with Crippen molar-refractivity contribution in [2.24, 2.45) is 11.3 Å². The zero-order valence-electron chi connectivity index (χ0n) is 9.53. The Labute approximate surface area is 83.3 Å². The van der Waals surface area contributed by atoms with E-state index in [1.54, 1.807) is 0 Å². The van der Waals surface area contributed by atoms with Gasteiger partial charge in [0.25, 0.3) is 0 Å². The molecule has 1 N–H and O–H groups in total. The predicted octanol–water partition coefficient (Wildman–Crippen LogP) is 3.20. The van der Waals surface area contributed by atoms with E-state index >= 15 is 0 Å². The van der Waals surface area contributed by atoms with Crippen molar-refractivity contribution in [1.29, 1.82) is 0 Å². The van der Waals surface area contributed by atoms with Gasteiger partial charge in [0.05, 0.1) is 0 Å². The summed E-state index contributed by atoms with van der Waals surface area (Å²) in [6, 6.07) is 0. The molecule has 0 amide bonds. The van der Waals surface area contributed by atoms with Crippen LogP contribution in [0.4, 0.5) is 0 Å². The minimum absolute atomic E-state index is 0.644. The largest absolute Gasteiger partial charge is 0.319 e. The average Bonchev–Trinajstić information content (AvgIpc) is 2.96. The number of unbranched alkanes of at least 4 members (excludes halogenated alkanes) is 1. The summed E-state index contributed by atoms with van der Waals surface area (Å²) < 4.78 is 0. The molecule has 0 saturated heterocycles. The first-order valence-corrected chi connectivity index (χ1v) is 5.93. The zero-order valence-corrected chi connectivity index (χ0v) is 9.53. The molecular weight excluding hydrogens is 158 g/mol. The van der Waals surface area contributed by atoms with E-state index in [1.807, 2.05) is 0 Å². The van der Waals surface area contributed by atoms with Crippen LogP contribution in [-0.4, -0.2) is 13.6 Å². The summed E-state index contributed by atoms with van der Waals surface area (Å²) in [5.41, 5.74) is 0.644. The minimum Gasteiger partial charge on any atom is -0.319 e. The van der Waals surface area contributed by atoms with Gasteiger partial charge < -0.3 is 5.32 Å². The van der Waals surface area contributed by atoms with E-state index in [-0.39, 0.29) is 0 Å². The van der Waals surface area contributed by atoms with E-state index in [4.69, 9.17) is 0 Å². The highest BCUT2D eigenvalue weighted by Crippen LogP contribution is 2.50. The van der Waals surface area contributed by atoms with Gasteiger partial charge in [-0.15, -0.1) is 0 Å². The van der Waals surface area contributed by atoms with Crippen LogP contribution in [0.1, 0.15) is 52.4 Å². The van der Waals surface area contributed by atoms with E-state index in [0.717, 1.165) is 5.92 Å². The molecule has 0 aromatic rings. The predicted molar refractivity (Wildman–Crippen MR) is 58.9 cm³/mol. The van der Waals surface area contributed by atoms with Crippen molar-refractivity contribution in [1.82, 2.24) is 5.32 Å². The van der Waals surface area contributed by atoms with Crippen molar-refractivity contribution in [2.75, 3.05) is 13.6 Å². The van der Waals surface area contributed by atoms with Gasteiger partial charge in [0.2, 0.25) is 0 Å². The highest BCUT2D eigenvalue weighted by molar-refractivity contribution is 4.94. The first kappa shape index (κ1) is 11.0. The van der Waals surface area contributed by atoms with Gasteiger partial charge in [0, 0.05) is 6.54 Å². The van der Waals surface area contributed by atoms with Crippen LogP contribution in [0.3, 0.4) is 0 Å². The van der Waals surface area contributed by atoms with Crippen molar-refractivity contribution in [3.8, 4) is 0 Å². The third-order valence-electron chi connectivity index (χ3n) is 3.70. The molecule has 0 radical (unpaired) electrons. The standard InChI is InChI=1S/C12H25N/c1-4-6-9-12(5-2,10-13-3)11-7-8-11/h11,13H,4-10H2,1-3H3. The summed E-state index contributed by atoms with van der Waals surface area (Å²) in [7, 11) is 2.10. The van der Waals surface area contributed by atoms with Crippen LogP contribution in [0.5, 0.6) is 0 Å². The van der Waals surface area contributed by atoms with Gasteiger partial charge in [-0.2, -0.15) is 0 Å². The average molecular weight is 183 g/mol. The van der Waals surface area contributed by atoms with Crippen molar-refractivity contribution >= 4 is 0 Å². The first-order chi connectivity index (χ1) is 6.29. The maximum atomic E-state index is 3.39. The molecule has 1 nitrogen and oxygen atoms in total. The number of rotatable bonds is 7. The number of nitrogens with one attached hydrogen (secondary N) is 1. The van der Waals surface area contributed by atoms with Crippen LogP contribution in [-0.2, 0) is 0 Å². The van der Waals surface area contributed by atoms with E-state index < -0.39 is 0 Å². The van der Waals surface area contributed by atoms with Gasteiger partial charge in [-0.05, 0) is 44.1 Å². The van der Waals surface area contributed by atoms with Crippen molar-refractivity contribution in [2.45, 2.75) is 52.4 Å². The molecule has 1 aliphatic rings. The van der Waals surface area contributed by atoms with E-state index in [0.29, 0.717) is 5.41 Å². The second-order valence-corrected chi connectivity index (χ2v) is 4.62. The maximum absolute atomic E-state index is 3.39. The number of hydrogen-bond donors (Lipinski definition) is 1. The second kappa shape index (κ2) is 4.99. The molecule has 0 aromatic heterocycles. The summed E-state index contributed by atoms with van der Waals surface area (Å²) in [4.78, 5) is 0. The Bertz CT molecular complexity index is 140. The van der Waals surface area contributed by atoms with Crippen LogP contribution in [0.15, 0.2) is 0 Å². The highest BCUT2D eigenvalue weighted by Gasteiger charge is 2.42. The normalized spacial score (nSPS) is 21.5. The quantitative estimate of drug-likeness (QED) is 0.639. The van der Waals surface area contributed by atoms with Gasteiger partial charge >= 0.3 is 0 Å². The Kier molecular flexibility index (Phi) is 4.24. The smallest absolute Gasteiger partial charge is 0.000736 e. The molecule has 0 heterocycles. The summed E-state index contributed by atoms with van der Waals surface area (Å²) in [5, 5.41) is 3.39. The summed E-state index contributed by atoms with van der Waals surface area (Å²) in [6.07, 6.45) is 8.52. The fourth-order valence-corrected chi connectivity index (χ4v) is 2.60. The highest BCUT2D eigenvalue weighted by atomic mass is 14.8. The van der Waals surface area contributed by atoms with Gasteiger partial charge in [0.15, 0.2) is 0 Å². The van der Waals surface area contributed by atoms with Gasteiger partial charge in [0.1, 0.15) is 0 Å². The van der Waals surface area contributed by atoms with Crippen molar-refractivity contribution in [3.05, 3.63) is 0 Å². The summed E-state index contributed by atoms with van der Waals surface area (Å²) in [6.45, 7) is 5.90. The lowest BCUT2D eigenvalue weighted by atomic mass is 9.75.